The molecule has 0 spiro atoms. The number of aliphatic hydroxyl groups is 1. The van der Waals surface area contributed by atoms with E-state index in [0.29, 0.717) is 30.4 Å². The predicted molar refractivity (Wildman–Crippen MR) is 121 cm³/mol. The Balaban J connectivity index is 0.00000107. The fourth-order valence-corrected chi connectivity index (χ4v) is 4.60. The molecule has 3 atom stereocenters. The first-order valence-corrected chi connectivity index (χ1v) is 11.4. The summed E-state index contributed by atoms with van der Waals surface area (Å²) in [5, 5.41) is 11.4. The summed E-state index contributed by atoms with van der Waals surface area (Å²) in [6, 6.07) is 3.94. The van der Waals surface area contributed by atoms with Crippen LogP contribution in [0.25, 0.3) is 0 Å². The zero-order valence-electron chi connectivity index (χ0n) is 19.9. The largest absolute Gasteiger partial charge is 0.493 e. The van der Waals surface area contributed by atoms with Crippen LogP contribution in [-0.4, -0.2) is 55.6 Å². The third kappa shape index (κ3) is 5.90. The summed E-state index contributed by atoms with van der Waals surface area (Å²) in [6.07, 6.45) is 3.25. The first-order valence-electron chi connectivity index (χ1n) is 11.4. The van der Waals surface area contributed by atoms with Gasteiger partial charge < -0.3 is 25.1 Å². The number of fused-ring (bicyclic) bond motifs is 3. The molecule has 1 aromatic carbocycles. The zero-order valence-corrected chi connectivity index (χ0v) is 19.9. The number of methoxy groups -OCH3 is 2. The number of esters is 1. The molecular weight excluding hydrogens is 396 g/mol. The number of rotatable bonds is 6. The summed E-state index contributed by atoms with van der Waals surface area (Å²) in [4.78, 5) is 14.3. The van der Waals surface area contributed by atoms with Crippen LogP contribution in [0.2, 0.25) is 0 Å². The van der Waals surface area contributed by atoms with Gasteiger partial charge in [-0.2, -0.15) is 0 Å². The molecule has 3 rings (SSSR count). The van der Waals surface area contributed by atoms with Crippen LogP contribution in [0, 0.1) is 11.8 Å². The summed E-state index contributed by atoms with van der Waals surface area (Å²) >= 11 is 0. The first kappa shape index (κ1) is 25.4. The molecule has 2 aliphatic heterocycles. The second-order valence-corrected chi connectivity index (χ2v) is 8.93. The Kier molecular flexibility index (Phi) is 9.15. The van der Waals surface area contributed by atoms with E-state index in [9.17, 15) is 9.90 Å². The number of piperidine rings is 1. The Morgan fingerprint density at radius 3 is 2.42 bits per heavy atom. The van der Waals surface area contributed by atoms with E-state index in [4.69, 9.17) is 19.9 Å². The Labute approximate surface area is 186 Å². The summed E-state index contributed by atoms with van der Waals surface area (Å²) in [6.45, 7) is 9.79. The average Bonchev–Trinajstić information content (AvgIpc) is 2.73. The van der Waals surface area contributed by atoms with Gasteiger partial charge in [-0.15, -0.1) is 0 Å². The van der Waals surface area contributed by atoms with Crippen molar-refractivity contribution in [2.75, 3.05) is 33.9 Å². The van der Waals surface area contributed by atoms with Crippen molar-refractivity contribution in [1.29, 1.82) is 0 Å². The lowest BCUT2D eigenvalue weighted by molar-refractivity contribution is -0.259. The fraction of sp³-hybridized carbons (Fsp3) is 0.708. The van der Waals surface area contributed by atoms with Gasteiger partial charge >= 0.3 is 5.97 Å². The average molecular weight is 437 g/mol. The van der Waals surface area contributed by atoms with E-state index in [-0.39, 0.29) is 18.5 Å². The second kappa shape index (κ2) is 11.2. The van der Waals surface area contributed by atoms with Gasteiger partial charge in [-0.3, -0.25) is 9.69 Å². The van der Waals surface area contributed by atoms with Crippen LogP contribution in [0.3, 0.4) is 0 Å². The Morgan fingerprint density at radius 2 is 1.87 bits per heavy atom. The van der Waals surface area contributed by atoms with Crippen molar-refractivity contribution in [3.8, 4) is 11.5 Å². The van der Waals surface area contributed by atoms with Crippen LogP contribution in [-0.2, 0) is 16.0 Å². The lowest BCUT2D eigenvalue weighted by Gasteiger charge is -2.50. The molecule has 0 saturated carbocycles. The molecule has 0 radical (unpaired) electrons. The van der Waals surface area contributed by atoms with Crippen molar-refractivity contribution >= 4 is 5.97 Å². The normalized spacial score (nSPS) is 25.1. The molecule has 7 nitrogen and oxygen atoms in total. The molecule has 7 heteroatoms. The highest BCUT2D eigenvalue weighted by Crippen LogP contribution is 2.47. The minimum atomic E-state index is -1.52. The SMILES string of the molecule is CCC.COc1cc2c(cc1OC)C1CC(O)(OC(=O)CN)C(CC(C)C)CN1CC2. The van der Waals surface area contributed by atoms with E-state index in [1.165, 1.54) is 12.0 Å². The molecule has 0 amide bonds. The molecule has 0 aliphatic carbocycles. The summed E-state index contributed by atoms with van der Waals surface area (Å²) < 4.78 is 16.4. The van der Waals surface area contributed by atoms with E-state index in [2.05, 4.69) is 32.6 Å². The summed E-state index contributed by atoms with van der Waals surface area (Å²) in [5.41, 5.74) is 7.71. The van der Waals surface area contributed by atoms with Gasteiger partial charge in [0.2, 0.25) is 5.79 Å². The van der Waals surface area contributed by atoms with Crippen LogP contribution in [0.5, 0.6) is 11.5 Å². The molecule has 0 bridgehead atoms. The first-order chi connectivity index (χ1) is 14.7. The minimum Gasteiger partial charge on any atom is -0.493 e. The van der Waals surface area contributed by atoms with E-state index in [1.807, 2.05) is 12.1 Å². The summed E-state index contributed by atoms with van der Waals surface area (Å²) in [7, 11) is 3.24. The van der Waals surface area contributed by atoms with Crippen molar-refractivity contribution in [3.63, 3.8) is 0 Å². The monoisotopic (exact) mass is 436 g/mol. The van der Waals surface area contributed by atoms with E-state index in [1.54, 1.807) is 14.2 Å². The number of carbonyl (C=O) groups excluding carboxylic acids is 1. The number of carbonyl (C=O) groups is 1. The van der Waals surface area contributed by atoms with Crippen LogP contribution in [0.1, 0.15) is 64.1 Å². The van der Waals surface area contributed by atoms with Gasteiger partial charge in [0.1, 0.15) is 0 Å². The fourth-order valence-electron chi connectivity index (χ4n) is 4.60. The molecule has 1 aromatic rings. The Bertz CT molecular complexity index is 739. The molecule has 31 heavy (non-hydrogen) atoms. The maximum Gasteiger partial charge on any atom is 0.322 e. The van der Waals surface area contributed by atoms with Crippen molar-refractivity contribution in [3.05, 3.63) is 23.3 Å². The van der Waals surface area contributed by atoms with Gasteiger partial charge in [-0.1, -0.05) is 34.1 Å². The van der Waals surface area contributed by atoms with E-state index < -0.39 is 11.8 Å². The molecule has 176 valence electrons. The van der Waals surface area contributed by atoms with Gasteiger partial charge in [0.15, 0.2) is 11.5 Å². The lowest BCUT2D eigenvalue weighted by atomic mass is 9.77. The van der Waals surface area contributed by atoms with Crippen molar-refractivity contribution in [2.24, 2.45) is 17.6 Å². The highest BCUT2D eigenvalue weighted by molar-refractivity contribution is 5.71. The van der Waals surface area contributed by atoms with Crippen LogP contribution < -0.4 is 15.2 Å². The lowest BCUT2D eigenvalue weighted by Crippen LogP contribution is -2.57. The Morgan fingerprint density at radius 1 is 1.26 bits per heavy atom. The van der Waals surface area contributed by atoms with Crippen molar-refractivity contribution < 1.29 is 24.1 Å². The molecular formula is C24H40N2O5. The predicted octanol–water partition coefficient (Wildman–Crippen LogP) is 3.28. The number of benzene rings is 1. The number of hydrogen-bond donors (Lipinski definition) is 2. The number of nitrogens with two attached hydrogens (primary N) is 1. The highest BCUT2D eigenvalue weighted by Gasteiger charge is 2.50. The van der Waals surface area contributed by atoms with Gasteiger partial charge in [-0.05, 0) is 42.0 Å². The molecule has 0 aromatic heterocycles. The molecule has 3 N–H and O–H groups in total. The van der Waals surface area contributed by atoms with Crippen LogP contribution in [0.4, 0.5) is 0 Å². The van der Waals surface area contributed by atoms with Gasteiger partial charge in [0.25, 0.3) is 0 Å². The number of ether oxygens (including phenoxy) is 3. The topological polar surface area (TPSA) is 94.2 Å². The van der Waals surface area contributed by atoms with Gasteiger partial charge in [0.05, 0.1) is 20.8 Å². The standard InChI is InChI=1S/C21H32N2O5.C3H8/c1-13(2)7-15-12-23-6-5-14-8-18(26-3)19(27-4)9-16(14)17(23)10-21(15,25)28-20(24)11-22;1-3-2/h8-9,13,15,17,25H,5-7,10-12,22H2,1-4H3;3H2,1-2H3. The number of nitrogens with zero attached hydrogens (tertiary/aromatic N) is 1. The summed E-state index contributed by atoms with van der Waals surface area (Å²) in [5.74, 6) is -0.507. The maximum atomic E-state index is 11.9. The maximum absolute atomic E-state index is 11.9. The van der Waals surface area contributed by atoms with Gasteiger partial charge in [0, 0.05) is 31.5 Å². The van der Waals surface area contributed by atoms with Gasteiger partial charge in [-0.25, -0.2) is 0 Å². The molecule has 1 saturated heterocycles. The quantitative estimate of drug-likeness (QED) is 0.522. The van der Waals surface area contributed by atoms with E-state index >= 15 is 0 Å². The molecule has 1 fully saturated rings. The minimum absolute atomic E-state index is 0.0532. The van der Waals surface area contributed by atoms with Crippen LogP contribution in [0.15, 0.2) is 12.1 Å². The van der Waals surface area contributed by atoms with E-state index in [0.717, 1.165) is 24.9 Å². The van der Waals surface area contributed by atoms with Crippen LogP contribution >= 0.6 is 0 Å². The molecule has 3 unspecified atom stereocenters. The Hall–Kier alpha value is -1.83. The van der Waals surface area contributed by atoms with Crippen molar-refractivity contribution in [2.45, 2.75) is 65.2 Å². The second-order valence-electron chi connectivity index (χ2n) is 8.93. The smallest absolute Gasteiger partial charge is 0.322 e. The highest BCUT2D eigenvalue weighted by atomic mass is 16.7. The third-order valence-corrected chi connectivity index (χ3v) is 5.91. The molecule has 2 aliphatic rings. The zero-order chi connectivity index (χ0) is 23.2. The third-order valence-electron chi connectivity index (χ3n) is 5.91. The number of hydrogen-bond acceptors (Lipinski definition) is 7. The van der Waals surface area contributed by atoms with Crippen molar-refractivity contribution in [1.82, 2.24) is 4.90 Å². The molecule has 2 heterocycles.